The zero-order chi connectivity index (χ0) is 13.5. The maximum Gasteiger partial charge on any atom is 0.129 e. The first-order valence-corrected chi connectivity index (χ1v) is 8.01. The number of hydrogen-bond donors (Lipinski definition) is 1. The lowest BCUT2D eigenvalue weighted by Gasteiger charge is -2.51. The third-order valence-corrected chi connectivity index (χ3v) is 5.47. The average molecular weight is 273 g/mol. The van der Waals surface area contributed by atoms with Gasteiger partial charge in [-0.3, -0.25) is 0 Å². The van der Waals surface area contributed by atoms with Crippen molar-refractivity contribution in [2.75, 3.05) is 11.9 Å². The van der Waals surface area contributed by atoms with E-state index >= 15 is 0 Å². The second-order valence-electron chi connectivity index (χ2n) is 6.57. The van der Waals surface area contributed by atoms with Crippen molar-refractivity contribution in [2.45, 2.75) is 51.2 Å². The number of rotatable bonds is 3. The summed E-state index contributed by atoms with van der Waals surface area (Å²) in [7, 11) is 0. The summed E-state index contributed by atoms with van der Waals surface area (Å²) in [5.41, 5.74) is 0. The lowest BCUT2D eigenvalue weighted by molar-refractivity contribution is -0.0629. The number of fused-ring (bicyclic) bond motifs is 1. The van der Waals surface area contributed by atoms with Crippen LogP contribution < -0.4 is 5.32 Å². The molecule has 1 aliphatic heterocycles. The molecule has 0 aromatic carbocycles. The van der Waals surface area contributed by atoms with Crippen molar-refractivity contribution in [1.82, 2.24) is 9.97 Å². The van der Waals surface area contributed by atoms with Crippen LogP contribution in [0.15, 0.2) is 12.3 Å². The Balaban J connectivity index is 1.52. The molecule has 1 aromatic rings. The first-order chi connectivity index (χ1) is 9.83. The molecule has 3 aliphatic rings. The zero-order valence-corrected chi connectivity index (χ0v) is 12.1. The summed E-state index contributed by atoms with van der Waals surface area (Å²) >= 11 is 0. The molecule has 2 heterocycles. The SMILES string of the molecule is Cc1nccc(N[C@@H]2[C@H]3CCO[C@H]3[C@H]2C2CCCC2)n1. The highest BCUT2D eigenvalue weighted by Crippen LogP contribution is 2.51. The van der Waals surface area contributed by atoms with Crippen LogP contribution >= 0.6 is 0 Å². The van der Waals surface area contributed by atoms with Gasteiger partial charge in [-0.2, -0.15) is 0 Å². The molecule has 1 saturated heterocycles. The van der Waals surface area contributed by atoms with Gasteiger partial charge in [-0.25, -0.2) is 9.97 Å². The van der Waals surface area contributed by atoms with E-state index in [-0.39, 0.29) is 0 Å². The maximum atomic E-state index is 6.00. The molecule has 0 bridgehead atoms. The minimum absolute atomic E-state index is 0.513. The van der Waals surface area contributed by atoms with Gasteiger partial charge in [0.15, 0.2) is 0 Å². The van der Waals surface area contributed by atoms with Gasteiger partial charge in [0.1, 0.15) is 11.6 Å². The summed E-state index contributed by atoms with van der Waals surface area (Å²) in [5.74, 6) is 4.06. The molecule has 0 amide bonds. The summed E-state index contributed by atoms with van der Waals surface area (Å²) in [4.78, 5) is 8.69. The Morgan fingerprint density at radius 2 is 2.10 bits per heavy atom. The molecular formula is C16H23N3O. The molecule has 2 saturated carbocycles. The molecule has 2 aliphatic carbocycles. The monoisotopic (exact) mass is 273 g/mol. The van der Waals surface area contributed by atoms with Gasteiger partial charge >= 0.3 is 0 Å². The van der Waals surface area contributed by atoms with Crippen molar-refractivity contribution >= 4 is 5.82 Å². The second-order valence-corrected chi connectivity index (χ2v) is 6.57. The van der Waals surface area contributed by atoms with Crippen LogP contribution in [0.2, 0.25) is 0 Å². The van der Waals surface area contributed by atoms with E-state index in [2.05, 4.69) is 15.3 Å². The summed E-state index contributed by atoms with van der Waals surface area (Å²) in [5, 5.41) is 3.69. The molecule has 1 N–H and O–H groups in total. The third-order valence-electron chi connectivity index (χ3n) is 5.47. The van der Waals surface area contributed by atoms with Gasteiger partial charge in [-0.05, 0) is 25.3 Å². The highest BCUT2D eigenvalue weighted by molar-refractivity contribution is 5.37. The molecule has 3 fully saturated rings. The van der Waals surface area contributed by atoms with Crippen LogP contribution in [0, 0.1) is 24.7 Å². The Morgan fingerprint density at radius 1 is 1.25 bits per heavy atom. The van der Waals surface area contributed by atoms with Crippen LogP contribution in [0.3, 0.4) is 0 Å². The molecule has 4 heteroatoms. The van der Waals surface area contributed by atoms with Crippen LogP contribution in [0.1, 0.15) is 37.9 Å². The van der Waals surface area contributed by atoms with Crippen molar-refractivity contribution in [3.05, 3.63) is 18.1 Å². The Kier molecular flexibility index (Phi) is 3.14. The molecule has 1 aromatic heterocycles. The maximum absolute atomic E-state index is 6.00. The van der Waals surface area contributed by atoms with Crippen LogP contribution in [-0.4, -0.2) is 28.7 Å². The molecule has 0 unspecified atom stereocenters. The van der Waals surface area contributed by atoms with E-state index in [4.69, 9.17) is 4.74 Å². The Labute approximate surface area is 120 Å². The minimum Gasteiger partial charge on any atom is -0.377 e. The Morgan fingerprint density at radius 3 is 2.90 bits per heavy atom. The summed E-state index contributed by atoms with van der Waals surface area (Å²) < 4.78 is 6.00. The first kappa shape index (κ1) is 12.6. The summed E-state index contributed by atoms with van der Waals surface area (Å²) in [6.45, 7) is 2.89. The molecule has 0 spiro atoms. The summed E-state index contributed by atoms with van der Waals surface area (Å²) in [6, 6.07) is 2.54. The topological polar surface area (TPSA) is 47.0 Å². The van der Waals surface area contributed by atoms with Crippen molar-refractivity contribution < 1.29 is 4.74 Å². The normalized spacial score (nSPS) is 36.6. The smallest absolute Gasteiger partial charge is 0.129 e. The number of aryl methyl sites for hydroxylation is 1. The van der Waals surface area contributed by atoms with Crippen LogP contribution in [0.4, 0.5) is 5.82 Å². The predicted octanol–water partition coefficient (Wildman–Crippen LogP) is 2.79. The number of anilines is 1. The van der Waals surface area contributed by atoms with Gasteiger partial charge in [0, 0.05) is 30.7 Å². The molecule has 20 heavy (non-hydrogen) atoms. The third kappa shape index (κ3) is 2.01. The van der Waals surface area contributed by atoms with E-state index in [0.717, 1.165) is 24.2 Å². The van der Waals surface area contributed by atoms with E-state index in [9.17, 15) is 0 Å². The van der Waals surface area contributed by atoms with Gasteiger partial charge in [0.2, 0.25) is 0 Å². The fourth-order valence-electron chi connectivity index (χ4n) is 4.57. The second kappa shape index (κ2) is 4.99. The lowest BCUT2D eigenvalue weighted by atomic mass is 9.61. The largest absolute Gasteiger partial charge is 0.377 e. The van der Waals surface area contributed by atoms with Gasteiger partial charge < -0.3 is 10.1 Å². The highest BCUT2D eigenvalue weighted by Gasteiger charge is 2.56. The molecule has 108 valence electrons. The number of ether oxygens (including phenoxy) is 1. The number of nitrogens with zero attached hydrogens (tertiary/aromatic N) is 2. The van der Waals surface area contributed by atoms with Crippen molar-refractivity contribution in [3.8, 4) is 0 Å². The van der Waals surface area contributed by atoms with Crippen LogP contribution in [-0.2, 0) is 4.74 Å². The van der Waals surface area contributed by atoms with Gasteiger partial charge in [-0.15, -0.1) is 0 Å². The van der Waals surface area contributed by atoms with Gasteiger partial charge in [-0.1, -0.05) is 25.7 Å². The molecule has 4 atom stereocenters. The molecule has 4 rings (SSSR count). The Bertz CT molecular complexity index is 482. The number of nitrogens with one attached hydrogen (secondary N) is 1. The first-order valence-electron chi connectivity index (χ1n) is 8.01. The lowest BCUT2D eigenvalue weighted by Crippen LogP contribution is -2.59. The average Bonchev–Trinajstić information content (AvgIpc) is 3.07. The van der Waals surface area contributed by atoms with Crippen molar-refractivity contribution in [3.63, 3.8) is 0 Å². The fraction of sp³-hybridized carbons (Fsp3) is 0.750. The van der Waals surface area contributed by atoms with Crippen LogP contribution in [0.25, 0.3) is 0 Å². The number of aromatic nitrogens is 2. The van der Waals surface area contributed by atoms with E-state index in [0.29, 0.717) is 24.0 Å². The molecule has 4 nitrogen and oxygen atoms in total. The molecular weight excluding hydrogens is 250 g/mol. The van der Waals surface area contributed by atoms with Gasteiger partial charge in [0.25, 0.3) is 0 Å². The van der Waals surface area contributed by atoms with Gasteiger partial charge in [0.05, 0.1) is 6.10 Å². The zero-order valence-electron chi connectivity index (χ0n) is 12.1. The summed E-state index contributed by atoms with van der Waals surface area (Å²) in [6.07, 6.45) is 9.14. The number of hydrogen-bond acceptors (Lipinski definition) is 4. The van der Waals surface area contributed by atoms with E-state index < -0.39 is 0 Å². The van der Waals surface area contributed by atoms with E-state index in [1.54, 1.807) is 0 Å². The standard InChI is InChI=1S/C16H23N3O/c1-10-17-8-6-13(18-10)19-15-12-7-9-20-16(12)14(15)11-4-2-3-5-11/h6,8,11-12,14-16H,2-5,7,9H2,1H3,(H,17,18,19)/t12-,14+,15-,16-/m1/s1. The Hall–Kier alpha value is -1.16. The van der Waals surface area contributed by atoms with E-state index in [1.807, 2.05) is 19.2 Å². The predicted molar refractivity (Wildman–Crippen MR) is 77.5 cm³/mol. The molecule has 0 radical (unpaired) electrons. The van der Waals surface area contributed by atoms with Crippen LogP contribution in [0.5, 0.6) is 0 Å². The highest BCUT2D eigenvalue weighted by atomic mass is 16.5. The van der Waals surface area contributed by atoms with E-state index in [1.165, 1.54) is 32.1 Å². The fourth-order valence-corrected chi connectivity index (χ4v) is 4.57. The quantitative estimate of drug-likeness (QED) is 0.920. The van der Waals surface area contributed by atoms with Crippen molar-refractivity contribution in [1.29, 1.82) is 0 Å². The van der Waals surface area contributed by atoms with Crippen molar-refractivity contribution in [2.24, 2.45) is 17.8 Å². The minimum atomic E-state index is 0.513.